The van der Waals surface area contributed by atoms with Gasteiger partial charge in [0.15, 0.2) is 0 Å². The zero-order chi connectivity index (χ0) is 10.9. The summed E-state index contributed by atoms with van der Waals surface area (Å²) in [4.78, 5) is 0. The molecule has 0 aliphatic rings. The first-order chi connectivity index (χ1) is 7.09. The van der Waals surface area contributed by atoms with E-state index < -0.39 is 8.68 Å². The molecule has 0 bridgehead atoms. The van der Waals surface area contributed by atoms with Gasteiger partial charge in [-0.3, -0.25) is 0 Å². The van der Waals surface area contributed by atoms with E-state index in [4.69, 9.17) is 16.3 Å². The standard InChI is InChI=1S/C10H9NOS3/c11-15(12,13)10-9(6-7-14-10)8-4-2-1-3-5-8/h1-7H,(H2,11,12,13). The smallest absolute Gasteiger partial charge is 0.126 e. The van der Waals surface area contributed by atoms with Gasteiger partial charge in [0.1, 0.15) is 12.9 Å². The third-order valence-electron chi connectivity index (χ3n) is 1.97. The van der Waals surface area contributed by atoms with E-state index in [1.54, 1.807) is 0 Å². The van der Waals surface area contributed by atoms with E-state index in [-0.39, 0.29) is 0 Å². The maximum absolute atomic E-state index is 11.6. The fraction of sp³-hybridized carbons (Fsp3) is 0. The highest BCUT2D eigenvalue weighted by atomic mass is 32.8. The lowest BCUT2D eigenvalue weighted by molar-refractivity contribution is 0.684. The van der Waals surface area contributed by atoms with Gasteiger partial charge in [-0.05, 0) is 17.0 Å². The van der Waals surface area contributed by atoms with E-state index in [9.17, 15) is 4.21 Å². The van der Waals surface area contributed by atoms with Gasteiger partial charge in [-0.25, -0.2) is 9.35 Å². The van der Waals surface area contributed by atoms with E-state index in [2.05, 4.69) is 0 Å². The molecule has 2 nitrogen and oxygen atoms in total. The zero-order valence-corrected chi connectivity index (χ0v) is 10.2. The molecule has 5 heteroatoms. The van der Waals surface area contributed by atoms with Crippen LogP contribution in [0.1, 0.15) is 0 Å². The molecule has 0 saturated heterocycles. The summed E-state index contributed by atoms with van der Waals surface area (Å²) in [6, 6.07) is 11.6. The average Bonchev–Trinajstić information content (AvgIpc) is 2.67. The minimum Gasteiger partial charge on any atom is -0.246 e. The van der Waals surface area contributed by atoms with E-state index in [1.807, 2.05) is 41.8 Å². The number of nitrogens with two attached hydrogens (primary N) is 1. The molecule has 0 spiro atoms. The average molecular weight is 255 g/mol. The molecule has 1 atom stereocenters. The van der Waals surface area contributed by atoms with Crippen molar-refractivity contribution in [1.82, 2.24) is 0 Å². The second kappa shape index (κ2) is 4.02. The number of benzene rings is 1. The Kier molecular flexibility index (Phi) is 2.88. The van der Waals surface area contributed by atoms with E-state index in [0.717, 1.165) is 11.1 Å². The molecule has 78 valence electrons. The van der Waals surface area contributed by atoms with E-state index in [1.165, 1.54) is 11.3 Å². The molecule has 1 unspecified atom stereocenters. The van der Waals surface area contributed by atoms with Crippen molar-refractivity contribution in [2.24, 2.45) is 5.14 Å². The van der Waals surface area contributed by atoms with Crippen molar-refractivity contribution in [1.29, 1.82) is 0 Å². The molecule has 2 rings (SSSR count). The summed E-state index contributed by atoms with van der Waals surface area (Å²) in [7, 11) is -2.79. The third kappa shape index (κ3) is 2.26. The van der Waals surface area contributed by atoms with Gasteiger partial charge in [-0.1, -0.05) is 30.3 Å². The molecule has 2 aromatic rings. The van der Waals surface area contributed by atoms with Gasteiger partial charge in [0.2, 0.25) is 0 Å². The van der Waals surface area contributed by atoms with Gasteiger partial charge >= 0.3 is 0 Å². The van der Waals surface area contributed by atoms with Gasteiger partial charge in [0, 0.05) is 16.8 Å². The van der Waals surface area contributed by atoms with Gasteiger partial charge in [-0.2, -0.15) is 0 Å². The quantitative estimate of drug-likeness (QED) is 0.895. The van der Waals surface area contributed by atoms with Gasteiger partial charge < -0.3 is 0 Å². The summed E-state index contributed by atoms with van der Waals surface area (Å²) < 4.78 is 12.2. The maximum Gasteiger partial charge on any atom is 0.126 e. The molecule has 15 heavy (non-hydrogen) atoms. The summed E-state index contributed by atoms with van der Waals surface area (Å²) in [5.74, 6) is 0. The minimum absolute atomic E-state index is 0.587. The van der Waals surface area contributed by atoms with Crippen LogP contribution in [-0.2, 0) is 19.9 Å². The molecule has 0 aliphatic heterocycles. The first kappa shape index (κ1) is 10.8. The molecule has 1 aromatic carbocycles. The van der Waals surface area contributed by atoms with Crippen LogP contribution in [0.25, 0.3) is 11.1 Å². The predicted molar refractivity (Wildman–Crippen MR) is 67.7 cm³/mol. The first-order valence-electron chi connectivity index (χ1n) is 4.25. The summed E-state index contributed by atoms with van der Waals surface area (Å²) in [5, 5.41) is 7.35. The largest absolute Gasteiger partial charge is 0.246 e. The minimum atomic E-state index is -2.79. The fourth-order valence-electron chi connectivity index (χ4n) is 1.35. The molecule has 0 amide bonds. The molecule has 1 aromatic heterocycles. The van der Waals surface area contributed by atoms with Crippen LogP contribution >= 0.6 is 11.3 Å². The Hall–Kier alpha value is -0.750. The number of hydrogen-bond donors (Lipinski definition) is 1. The lowest BCUT2D eigenvalue weighted by atomic mass is 10.1. The Bertz CT molecular complexity index is 557. The molecular weight excluding hydrogens is 246 g/mol. The summed E-state index contributed by atoms with van der Waals surface area (Å²) in [6.45, 7) is 0. The monoisotopic (exact) mass is 255 g/mol. The summed E-state index contributed by atoms with van der Waals surface area (Å²) in [6.07, 6.45) is 0. The second-order valence-corrected chi connectivity index (χ2v) is 7.19. The van der Waals surface area contributed by atoms with Crippen molar-refractivity contribution >= 4 is 31.2 Å². The van der Waals surface area contributed by atoms with Crippen molar-refractivity contribution in [2.75, 3.05) is 0 Å². The Labute approximate surface area is 97.6 Å². The molecular formula is C10H9NOS3. The van der Waals surface area contributed by atoms with E-state index in [0.29, 0.717) is 4.21 Å². The van der Waals surface area contributed by atoms with Crippen LogP contribution in [0.15, 0.2) is 46.0 Å². The lowest BCUT2D eigenvalue weighted by Crippen LogP contribution is -2.09. The molecule has 1 heterocycles. The van der Waals surface area contributed by atoms with Crippen LogP contribution in [0, 0.1) is 0 Å². The highest BCUT2D eigenvalue weighted by Crippen LogP contribution is 2.30. The van der Waals surface area contributed by atoms with Crippen molar-refractivity contribution in [2.45, 2.75) is 4.21 Å². The predicted octanol–water partition coefficient (Wildman–Crippen LogP) is 2.39. The molecule has 0 fully saturated rings. The summed E-state index contributed by atoms with van der Waals surface area (Å²) in [5.41, 5.74) is 1.87. The second-order valence-electron chi connectivity index (χ2n) is 3.03. The van der Waals surface area contributed by atoms with Crippen LogP contribution < -0.4 is 5.14 Å². The van der Waals surface area contributed by atoms with Crippen LogP contribution in [0.4, 0.5) is 0 Å². The lowest BCUT2D eigenvalue weighted by Gasteiger charge is -2.02. The zero-order valence-electron chi connectivity index (χ0n) is 7.75. The Balaban J connectivity index is 2.61. The van der Waals surface area contributed by atoms with Gasteiger partial charge in [0.25, 0.3) is 0 Å². The number of rotatable bonds is 2. The number of thiophene rings is 1. The highest BCUT2D eigenvalue weighted by molar-refractivity contribution is 8.32. The topological polar surface area (TPSA) is 43.1 Å². The van der Waals surface area contributed by atoms with Crippen LogP contribution in [-0.4, -0.2) is 4.21 Å². The fourth-order valence-corrected chi connectivity index (χ4v) is 3.81. The van der Waals surface area contributed by atoms with Gasteiger partial charge in [-0.15, -0.1) is 11.3 Å². The van der Waals surface area contributed by atoms with E-state index >= 15 is 0 Å². The maximum atomic E-state index is 11.6. The Morgan fingerprint density at radius 3 is 2.47 bits per heavy atom. The van der Waals surface area contributed by atoms with Crippen molar-refractivity contribution in [3.8, 4) is 11.1 Å². The summed E-state index contributed by atoms with van der Waals surface area (Å²) >= 11 is 6.16. The van der Waals surface area contributed by atoms with Crippen molar-refractivity contribution in [3.63, 3.8) is 0 Å². The molecule has 0 saturated carbocycles. The SMILES string of the molecule is NS(=O)(=S)c1sccc1-c1ccccc1. The highest BCUT2D eigenvalue weighted by Gasteiger charge is 2.13. The first-order valence-corrected chi connectivity index (χ1v) is 7.67. The van der Waals surface area contributed by atoms with Crippen molar-refractivity contribution in [3.05, 3.63) is 41.8 Å². The van der Waals surface area contributed by atoms with Crippen LogP contribution in [0.2, 0.25) is 0 Å². The molecule has 0 aliphatic carbocycles. The molecule has 0 radical (unpaired) electrons. The van der Waals surface area contributed by atoms with Crippen molar-refractivity contribution < 1.29 is 4.21 Å². The van der Waals surface area contributed by atoms with Crippen LogP contribution in [0.3, 0.4) is 0 Å². The normalized spacial score (nSPS) is 14.7. The third-order valence-corrected chi connectivity index (χ3v) is 5.26. The Morgan fingerprint density at radius 1 is 1.20 bits per heavy atom. The Morgan fingerprint density at radius 2 is 1.87 bits per heavy atom. The molecule has 2 N–H and O–H groups in total. The number of hydrogen-bond acceptors (Lipinski definition) is 3. The van der Waals surface area contributed by atoms with Gasteiger partial charge in [0.05, 0.1) is 0 Å². The van der Waals surface area contributed by atoms with Crippen LogP contribution in [0.5, 0.6) is 0 Å².